The molecule has 0 aromatic heterocycles. The molecule has 0 bridgehead atoms. The molecule has 1 aliphatic heterocycles. The molecule has 9 heteroatoms. The minimum Gasteiger partial charge on any atom is -0.452 e. The van der Waals surface area contributed by atoms with Gasteiger partial charge in [0.1, 0.15) is 5.78 Å². The van der Waals surface area contributed by atoms with Crippen molar-refractivity contribution in [1.82, 2.24) is 5.32 Å². The summed E-state index contributed by atoms with van der Waals surface area (Å²) in [5.41, 5.74) is 0.974. The largest absolute Gasteiger partial charge is 0.452 e. The Morgan fingerprint density at radius 1 is 0.933 bits per heavy atom. The SMILES string of the molecule is CCCC[C@@H]1OC(=O)[C@@H](C)C[C@H](C)CCCCC(=O)CCC[C@@H](CC)/C=C/C=C(\COC)CC[C@@H](O)[C@@H](O)C[C@H](O)CNC1=O. The number of hydrogen-bond acceptors (Lipinski definition) is 8. The molecule has 0 saturated carbocycles. The average molecular weight is 638 g/mol. The van der Waals surface area contributed by atoms with Gasteiger partial charge in [-0.05, 0) is 75.2 Å². The zero-order valence-corrected chi connectivity index (χ0v) is 28.7. The second kappa shape index (κ2) is 24.2. The summed E-state index contributed by atoms with van der Waals surface area (Å²) >= 11 is 0. The van der Waals surface area contributed by atoms with Crippen LogP contribution in [0.25, 0.3) is 0 Å². The highest BCUT2D eigenvalue weighted by atomic mass is 16.5. The van der Waals surface area contributed by atoms with Gasteiger partial charge in [0.2, 0.25) is 0 Å². The highest BCUT2D eigenvalue weighted by Crippen LogP contribution is 2.22. The van der Waals surface area contributed by atoms with E-state index >= 15 is 0 Å². The van der Waals surface area contributed by atoms with E-state index in [-0.39, 0.29) is 31.2 Å². The van der Waals surface area contributed by atoms with Gasteiger partial charge in [0.25, 0.3) is 5.91 Å². The molecular formula is C36H63NO8. The van der Waals surface area contributed by atoms with Crippen LogP contribution in [0.5, 0.6) is 0 Å². The fraction of sp³-hybridized carbons (Fsp3) is 0.806. The van der Waals surface area contributed by atoms with E-state index in [0.29, 0.717) is 56.8 Å². The normalized spacial score (nSPS) is 32.3. The van der Waals surface area contributed by atoms with E-state index in [9.17, 15) is 29.7 Å². The van der Waals surface area contributed by atoms with Gasteiger partial charge < -0.3 is 30.1 Å². The van der Waals surface area contributed by atoms with Gasteiger partial charge in [0.15, 0.2) is 6.10 Å². The number of nitrogens with one attached hydrogen (secondary N) is 1. The Bertz CT molecular complexity index is 903. The second-order valence-corrected chi connectivity index (χ2v) is 13.1. The molecule has 1 rings (SSSR count). The smallest absolute Gasteiger partial charge is 0.309 e. The van der Waals surface area contributed by atoms with Crippen LogP contribution >= 0.6 is 0 Å². The number of carbonyl (C=O) groups excluding carboxylic acids is 3. The summed E-state index contributed by atoms with van der Waals surface area (Å²) in [6, 6.07) is 0. The Labute approximate surface area is 272 Å². The molecule has 4 N–H and O–H groups in total. The van der Waals surface area contributed by atoms with Crippen LogP contribution < -0.4 is 5.32 Å². The van der Waals surface area contributed by atoms with Crippen LogP contribution in [0, 0.1) is 17.8 Å². The lowest BCUT2D eigenvalue weighted by molar-refractivity contribution is -0.160. The summed E-state index contributed by atoms with van der Waals surface area (Å²) in [6.07, 6.45) is 11.8. The minimum absolute atomic E-state index is 0.111. The summed E-state index contributed by atoms with van der Waals surface area (Å²) < 4.78 is 11.0. The molecule has 9 nitrogen and oxygen atoms in total. The topological polar surface area (TPSA) is 142 Å². The quantitative estimate of drug-likeness (QED) is 0.276. The number of unbranched alkanes of at least 4 members (excludes halogenated alkanes) is 1. The number of amides is 1. The first-order chi connectivity index (χ1) is 21.5. The van der Waals surface area contributed by atoms with Gasteiger partial charge in [-0.3, -0.25) is 14.4 Å². The molecule has 0 radical (unpaired) electrons. The first-order valence-electron chi connectivity index (χ1n) is 17.4. The van der Waals surface area contributed by atoms with Gasteiger partial charge in [-0.15, -0.1) is 0 Å². The molecule has 1 aliphatic rings. The van der Waals surface area contributed by atoms with E-state index in [4.69, 9.17) is 9.47 Å². The molecule has 0 aliphatic carbocycles. The van der Waals surface area contributed by atoms with Crippen molar-refractivity contribution < 1.29 is 39.2 Å². The van der Waals surface area contributed by atoms with Crippen molar-refractivity contribution in [2.24, 2.45) is 17.8 Å². The molecule has 0 spiro atoms. The fourth-order valence-electron chi connectivity index (χ4n) is 5.76. The molecule has 0 saturated heterocycles. The van der Waals surface area contributed by atoms with Crippen LogP contribution in [-0.2, 0) is 23.9 Å². The molecule has 0 aromatic carbocycles. The predicted octanol–water partition coefficient (Wildman–Crippen LogP) is 5.59. The van der Waals surface area contributed by atoms with Gasteiger partial charge in [0, 0.05) is 32.9 Å². The number of aliphatic hydroxyl groups excluding tert-OH is 3. The number of ether oxygens (including phenoxy) is 2. The monoisotopic (exact) mass is 637 g/mol. The maximum atomic E-state index is 12.9. The van der Waals surface area contributed by atoms with E-state index in [1.807, 2.05) is 26.0 Å². The van der Waals surface area contributed by atoms with Crippen LogP contribution in [0.15, 0.2) is 23.8 Å². The van der Waals surface area contributed by atoms with E-state index in [1.165, 1.54) is 0 Å². The molecule has 1 amide bonds. The molecule has 0 unspecified atom stereocenters. The zero-order chi connectivity index (χ0) is 33.6. The van der Waals surface area contributed by atoms with Crippen LogP contribution in [0.2, 0.25) is 0 Å². The van der Waals surface area contributed by atoms with E-state index < -0.39 is 36.3 Å². The zero-order valence-electron chi connectivity index (χ0n) is 28.7. The van der Waals surface area contributed by atoms with Crippen LogP contribution in [0.1, 0.15) is 124 Å². The van der Waals surface area contributed by atoms with Gasteiger partial charge in [-0.2, -0.15) is 0 Å². The number of Topliss-reactive ketones (excluding diaryl/α,β-unsaturated/α-hetero) is 1. The van der Waals surface area contributed by atoms with Crippen molar-refractivity contribution in [3.8, 4) is 0 Å². The van der Waals surface area contributed by atoms with Gasteiger partial charge in [-0.1, -0.05) is 65.2 Å². The summed E-state index contributed by atoms with van der Waals surface area (Å²) in [4.78, 5) is 38.3. The van der Waals surface area contributed by atoms with Crippen molar-refractivity contribution in [2.75, 3.05) is 20.3 Å². The highest BCUT2D eigenvalue weighted by molar-refractivity contribution is 5.84. The lowest BCUT2D eigenvalue weighted by atomic mass is 9.92. The van der Waals surface area contributed by atoms with Crippen molar-refractivity contribution in [1.29, 1.82) is 0 Å². The first kappa shape index (κ1) is 41.0. The lowest BCUT2D eigenvalue weighted by Crippen LogP contribution is -2.43. The number of carbonyl (C=O) groups is 3. The van der Waals surface area contributed by atoms with E-state index in [1.54, 1.807) is 7.11 Å². The fourth-order valence-corrected chi connectivity index (χ4v) is 5.76. The van der Waals surface area contributed by atoms with Gasteiger partial charge in [0.05, 0.1) is 30.8 Å². The van der Waals surface area contributed by atoms with Gasteiger partial charge in [-0.25, -0.2) is 0 Å². The summed E-state index contributed by atoms with van der Waals surface area (Å²) in [6.45, 7) is 8.32. The number of allylic oxidation sites excluding steroid dienone is 3. The summed E-state index contributed by atoms with van der Waals surface area (Å²) in [5.74, 6) is -0.300. The number of cyclic esters (lactones) is 1. The van der Waals surface area contributed by atoms with Crippen molar-refractivity contribution >= 4 is 17.7 Å². The number of ketones is 1. The molecule has 0 fully saturated rings. The average Bonchev–Trinajstić information content (AvgIpc) is 3.00. The van der Waals surface area contributed by atoms with Crippen molar-refractivity contribution in [3.05, 3.63) is 23.8 Å². The number of hydrogen-bond donors (Lipinski definition) is 4. The Morgan fingerprint density at radius 2 is 1.67 bits per heavy atom. The van der Waals surface area contributed by atoms with E-state index in [0.717, 1.165) is 50.5 Å². The Morgan fingerprint density at radius 3 is 2.36 bits per heavy atom. The van der Waals surface area contributed by atoms with Crippen molar-refractivity contribution in [2.45, 2.75) is 148 Å². The highest BCUT2D eigenvalue weighted by Gasteiger charge is 2.27. The number of methoxy groups -OCH3 is 1. The maximum Gasteiger partial charge on any atom is 0.309 e. The van der Waals surface area contributed by atoms with Crippen LogP contribution in [-0.4, -0.2) is 77.7 Å². The molecule has 45 heavy (non-hydrogen) atoms. The summed E-state index contributed by atoms with van der Waals surface area (Å²) in [7, 11) is 1.61. The number of β-amino-alcohol motifs (C(OH)–C–C–N with tert-alkyl or cyclic N) is 1. The van der Waals surface area contributed by atoms with Crippen molar-refractivity contribution in [3.63, 3.8) is 0 Å². The molecule has 1 heterocycles. The second-order valence-electron chi connectivity index (χ2n) is 13.1. The summed E-state index contributed by atoms with van der Waals surface area (Å²) in [5, 5.41) is 34.3. The molecule has 260 valence electrons. The maximum absolute atomic E-state index is 12.9. The van der Waals surface area contributed by atoms with Crippen LogP contribution in [0.3, 0.4) is 0 Å². The Balaban J connectivity index is 2.98. The van der Waals surface area contributed by atoms with E-state index in [2.05, 4.69) is 25.2 Å². The van der Waals surface area contributed by atoms with Crippen LogP contribution in [0.4, 0.5) is 0 Å². The first-order valence-corrected chi connectivity index (χ1v) is 17.4. The third-order valence-corrected chi connectivity index (χ3v) is 8.76. The lowest BCUT2D eigenvalue weighted by Gasteiger charge is -2.23. The number of esters is 1. The molecule has 0 aromatic rings. The standard InChI is InChI=1S/C36H63NO8/c1-6-8-19-34-35(42)37-24-31(39)23-33(41)32(40)21-20-29(25-44-5)16-11-14-28(7-2)15-12-18-30(38)17-10-9-13-26(3)22-27(4)36(43)45-34/h11,14,16,26-28,31-34,39-41H,6-10,12-13,15,17-25H2,1-5H3,(H,37,42)/b14-11+,29-16-/t26-,27+,28+,31+,32-,33+,34+/m1/s1. The predicted molar refractivity (Wildman–Crippen MR) is 177 cm³/mol. The number of aliphatic hydroxyl groups is 3. The van der Waals surface area contributed by atoms with Gasteiger partial charge >= 0.3 is 5.97 Å². The number of rotatable bonds is 6. The Kier molecular flexibility index (Phi) is 22.0. The molecule has 7 atom stereocenters. The third-order valence-electron chi connectivity index (χ3n) is 8.76. The third kappa shape index (κ3) is 18.6. The Hall–Kier alpha value is -2.07. The molecular weight excluding hydrogens is 574 g/mol. The minimum atomic E-state index is -1.17.